The van der Waals surface area contributed by atoms with Crippen molar-refractivity contribution in [2.45, 2.75) is 109 Å². The van der Waals surface area contributed by atoms with Crippen LogP contribution in [0.15, 0.2) is 18.2 Å². The van der Waals surface area contributed by atoms with Gasteiger partial charge in [-0.1, -0.05) is 88.8 Å². The number of likely N-dealkylation sites (N-methyl/N-ethyl adjacent to an activating group) is 1. The number of rotatable bonds is 12. The molecule has 1 aromatic carbocycles. The first-order valence-electron chi connectivity index (χ1n) is 12.7. The molecule has 3 nitrogen and oxygen atoms in total. The molecule has 0 radical (unpaired) electrons. The molecule has 0 bridgehead atoms. The Morgan fingerprint density at radius 3 is 2.27 bits per heavy atom. The minimum Gasteiger partial charge on any atom is -0.308 e. The molecule has 1 saturated heterocycles. The summed E-state index contributed by atoms with van der Waals surface area (Å²) in [5.41, 5.74) is 3.90. The Morgan fingerprint density at radius 1 is 0.967 bits per heavy atom. The van der Waals surface area contributed by atoms with Gasteiger partial charge in [0, 0.05) is 30.6 Å². The molecule has 2 heterocycles. The maximum Gasteiger partial charge on any atom is 0.227 e. The van der Waals surface area contributed by atoms with Crippen LogP contribution in [-0.2, 0) is 4.79 Å². The van der Waals surface area contributed by atoms with Crippen molar-refractivity contribution in [3.63, 3.8) is 0 Å². The van der Waals surface area contributed by atoms with E-state index < -0.39 is 0 Å². The number of amides is 1. The highest BCUT2D eigenvalue weighted by atomic mass is 16.2. The highest BCUT2D eigenvalue weighted by Gasteiger charge is 2.43. The molecule has 0 N–H and O–H groups in total. The lowest BCUT2D eigenvalue weighted by molar-refractivity contribution is -0.119. The fraction of sp³-hybridized carbons (Fsp3) is 0.741. The number of carbonyl (C=O) groups is 1. The molecule has 2 atom stereocenters. The number of hydrogen-bond donors (Lipinski definition) is 0. The Labute approximate surface area is 185 Å². The van der Waals surface area contributed by atoms with Gasteiger partial charge in [-0.05, 0) is 45.0 Å². The number of aryl methyl sites for hydroxylation is 1. The van der Waals surface area contributed by atoms with Crippen molar-refractivity contribution < 1.29 is 4.79 Å². The Morgan fingerprint density at radius 2 is 1.60 bits per heavy atom. The molecule has 0 saturated carbocycles. The van der Waals surface area contributed by atoms with E-state index in [1.54, 1.807) is 0 Å². The van der Waals surface area contributed by atoms with Crippen LogP contribution in [0.1, 0.15) is 107 Å². The number of piperidine rings is 1. The fourth-order valence-corrected chi connectivity index (χ4v) is 5.47. The molecular weight excluding hydrogens is 368 g/mol. The summed E-state index contributed by atoms with van der Waals surface area (Å²) in [7, 11) is 2.21. The second-order valence-electron chi connectivity index (χ2n) is 9.84. The lowest BCUT2D eigenvalue weighted by Gasteiger charge is -2.36. The van der Waals surface area contributed by atoms with Gasteiger partial charge < -0.3 is 9.80 Å². The van der Waals surface area contributed by atoms with E-state index in [0.29, 0.717) is 24.3 Å². The molecule has 3 rings (SSSR count). The van der Waals surface area contributed by atoms with Crippen molar-refractivity contribution in [1.82, 2.24) is 4.90 Å². The van der Waals surface area contributed by atoms with E-state index >= 15 is 0 Å². The van der Waals surface area contributed by atoms with Crippen molar-refractivity contribution in [1.29, 1.82) is 0 Å². The van der Waals surface area contributed by atoms with Crippen molar-refractivity contribution in [2.75, 3.05) is 25.0 Å². The van der Waals surface area contributed by atoms with Crippen molar-refractivity contribution in [3.05, 3.63) is 29.3 Å². The largest absolute Gasteiger partial charge is 0.308 e. The van der Waals surface area contributed by atoms with E-state index in [-0.39, 0.29) is 0 Å². The fourth-order valence-electron chi connectivity index (χ4n) is 5.47. The number of benzene rings is 1. The van der Waals surface area contributed by atoms with Crippen molar-refractivity contribution in [2.24, 2.45) is 0 Å². The number of hydrogen-bond acceptors (Lipinski definition) is 2. The maximum atomic E-state index is 13.2. The molecule has 1 aromatic rings. The molecule has 168 valence electrons. The normalized spacial score (nSPS) is 21.0. The number of nitrogens with zero attached hydrogens (tertiary/aromatic N) is 2. The van der Waals surface area contributed by atoms with Crippen LogP contribution in [0.25, 0.3) is 0 Å². The molecule has 3 heteroatoms. The standard InChI is InChI=1S/C27H44N2O/c1-4-5-6-7-8-9-10-11-12-13-14-15-27(30)29-25-17-16-22(2)20-23(25)24-21-28(3)19-18-26(24)29/h16-17,20,24,26H,4-15,18-19,21H2,1-3H3/t24-,26-/m1/s1. The highest BCUT2D eigenvalue weighted by molar-refractivity contribution is 5.96. The summed E-state index contributed by atoms with van der Waals surface area (Å²) in [4.78, 5) is 17.8. The molecule has 1 amide bonds. The van der Waals surface area contributed by atoms with Crippen LogP contribution in [0, 0.1) is 6.92 Å². The molecule has 0 aliphatic carbocycles. The first-order valence-corrected chi connectivity index (χ1v) is 12.7. The summed E-state index contributed by atoms with van der Waals surface area (Å²) in [5.74, 6) is 0.841. The van der Waals surface area contributed by atoms with Crippen LogP contribution in [0.3, 0.4) is 0 Å². The van der Waals surface area contributed by atoms with Gasteiger partial charge in [0.15, 0.2) is 0 Å². The number of carbonyl (C=O) groups excluding carboxylic acids is 1. The number of unbranched alkanes of at least 4 members (excludes halogenated alkanes) is 10. The summed E-state index contributed by atoms with van der Waals surface area (Å²) < 4.78 is 0. The zero-order chi connectivity index (χ0) is 21.3. The molecule has 0 spiro atoms. The molecule has 2 aliphatic heterocycles. The molecule has 30 heavy (non-hydrogen) atoms. The summed E-state index contributed by atoms with van der Waals surface area (Å²) >= 11 is 0. The zero-order valence-electron chi connectivity index (χ0n) is 19.8. The second kappa shape index (κ2) is 11.9. The monoisotopic (exact) mass is 412 g/mol. The summed E-state index contributed by atoms with van der Waals surface area (Å²) in [5, 5.41) is 0. The van der Waals surface area contributed by atoms with Gasteiger partial charge in [0.25, 0.3) is 0 Å². The number of likely N-dealkylation sites (tertiary alicyclic amines) is 1. The summed E-state index contributed by atoms with van der Waals surface area (Å²) in [6.07, 6.45) is 16.4. The summed E-state index contributed by atoms with van der Waals surface area (Å²) in [6.45, 7) is 6.61. The van der Waals surface area contributed by atoms with Crippen LogP contribution >= 0.6 is 0 Å². The average Bonchev–Trinajstić information content (AvgIpc) is 3.04. The first-order chi connectivity index (χ1) is 14.6. The van der Waals surface area contributed by atoms with Crippen molar-refractivity contribution in [3.8, 4) is 0 Å². The third kappa shape index (κ3) is 6.09. The van der Waals surface area contributed by atoms with Gasteiger partial charge in [-0.2, -0.15) is 0 Å². The summed E-state index contributed by atoms with van der Waals surface area (Å²) in [6, 6.07) is 7.06. The van der Waals surface area contributed by atoms with Gasteiger partial charge in [0.1, 0.15) is 0 Å². The van der Waals surface area contributed by atoms with E-state index in [9.17, 15) is 4.79 Å². The Hall–Kier alpha value is -1.35. The molecule has 1 fully saturated rings. The van der Waals surface area contributed by atoms with E-state index in [1.165, 1.54) is 81.0 Å². The van der Waals surface area contributed by atoms with Crippen LogP contribution in [0.2, 0.25) is 0 Å². The Kier molecular flexibility index (Phi) is 9.24. The topological polar surface area (TPSA) is 23.6 Å². The Balaban J connectivity index is 1.40. The second-order valence-corrected chi connectivity index (χ2v) is 9.84. The predicted octanol–water partition coefficient (Wildman–Crippen LogP) is 6.83. The third-order valence-corrected chi connectivity index (χ3v) is 7.22. The quantitative estimate of drug-likeness (QED) is 0.351. The van der Waals surface area contributed by atoms with Gasteiger partial charge >= 0.3 is 0 Å². The Bertz CT molecular complexity index is 671. The van der Waals surface area contributed by atoms with E-state index in [0.717, 1.165) is 25.9 Å². The lowest BCUT2D eigenvalue weighted by Crippen LogP contribution is -2.47. The van der Waals surface area contributed by atoms with E-state index in [2.05, 4.69) is 48.9 Å². The van der Waals surface area contributed by atoms with Crippen LogP contribution in [0.5, 0.6) is 0 Å². The molecule has 2 aliphatic rings. The van der Waals surface area contributed by atoms with Crippen molar-refractivity contribution >= 4 is 11.6 Å². The van der Waals surface area contributed by atoms with Gasteiger partial charge in [0.2, 0.25) is 5.91 Å². The molecule has 0 unspecified atom stereocenters. The highest BCUT2D eigenvalue weighted by Crippen LogP contribution is 2.45. The first kappa shape index (κ1) is 23.3. The number of fused-ring (bicyclic) bond motifs is 3. The number of anilines is 1. The van der Waals surface area contributed by atoms with Crippen LogP contribution in [-0.4, -0.2) is 37.0 Å². The smallest absolute Gasteiger partial charge is 0.227 e. The predicted molar refractivity (Wildman–Crippen MR) is 128 cm³/mol. The zero-order valence-corrected chi connectivity index (χ0v) is 19.8. The SMILES string of the molecule is CCCCCCCCCCCCCC(=O)N1c2ccc(C)cc2[C@H]2CN(C)CC[C@H]21. The van der Waals surface area contributed by atoms with Gasteiger partial charge in [-0.3, -0.25) is 4.79 Å². The lowest BCUT2D eigenvalue weighted by atomic mass is 9.89. The minimum atomic E-state index is 0.355. The maximum absolute atomic E-state index is 13.2. The minimum absolute atomic E-state index is 0.355. The van der Waals surface area contributed by atoms with Gasteiger partial charge in [-0.25, -0.2) is 0 Å². The van der Waals surface area contributed by atoms with E-state index in [1.807, 2.05) is 0 Å². The molecule has 0 aromatic heterocycles. The van der Waals surface area contributed by atoms with Gasteiger partial charge in [0.05, 0.1) is 0 Å². The van der Waals surface area contributed by atoms with Crippen LogP contribution in [0.4, 0.5) is 5.69 Å². The molecular formula is C27H44N2O. The average molecular weight is 413 g/mol. The van der Waals surface area contributed by atoms with E-state index in [4.69, 9.17) is 0 Å². The van der Waals surface area contributed by atoms with Crippen LogP contribution < -0.4 is 4.90 Å². The third-order valence-electron chi connectivity index (χ3n) is 7.22. The van der Waals surface area contributed by atoms with Gasteiger partial charge in [-0.15, -0.1) is 0 Å².